The standard InChI is InChI=1S/C12H14ClF4N3O2/c13-8-9(11(14)15)19-20(10(8)12(16)17)5-7(21)18-4-6-2-1-3-22-6/h6,11-12H,1-5H2,(H,18,21). The number of ether oxygens (including phenoxy) is 1. The topological polar surface area (TPSA) is 56.2 Å². The molecular formula is C12H14ClF4N3O2. The predicted octanol–water partition coefficient (Wildman–Crippen LogP) is 2.71. The molecule has 124 valence electrons. The Bertz CT molecular complexity index is 533. The average Bonchev–Trinajstić information content (AvgIpc) is 3.04. The highest BCUT2D eigenvalue weighted by atomic mass is 35.5. The average molecular weight is 344 g/mol. The van der Waals surface area contributed by atoms with E-state index < -0.39 is 41.7 Å². The monoisotopic (exact) mass is 343 g/mol. The van der Waals surface area contributed by atoms with Gasteiger partial charge in [0.25, 0.3) is 12.9 Å². The molecule has 1 saturated heterocycles. The summed E-state index contributed by atoms with van der Waals surface area (Å²) in [5, 5.41) is 5.00. The van der Waals surface area contributed by atoms with Crippen LogP contribution in [0.5, 0.6) is 0 Å². The second kappa shape index (κ2) is 7.28. The summed E-state index contributed by atoms with van der Waals surface area (Å²) in [7, 11) is 0. The van der Waals surface area contributed by atoms with Crippen LogP contribution in [-0.2, 0) is 16.1 Å². The van der Waals surface area contributed by atoms with Gasteiger partial charge in [-0.05, 0) is 12.8 Å². The number of alkyl halides is 4. The Hall–Kier alpha value is -1.35. The smallest absolute Gasteiger partial charge is 0.283 e. The van der Waals surface area contributed by atoms with Crippen LogP contribution in [0.3, 0.4) is 0 Å². The summed E-state index contributed by atoms with van der Waals surface area (Å²) >= 11 is 5.49. The molecule has 0 radical (unpaired) electrons. The fourth-order valence-electron chi connectivity index (χ4n) is 2.17. The van der Waals surface area contributed by atoms with Gasteiger partial charge >= 0.3 is 0 Å². The molecule has 1 atom stereocenters. The van der Waals surface area contributed by atoms with E-state index in [1.807, 2.05) is 0 Å². The molecule has 0 saturated carbocycles. The van der Waals surface area contributed by atoms with Gasteiger partial charge in [-0.15, -0.1) is 0 Å². The third-order valence-corrected chi connectivity index (χ3v) is 3.60. The van der Waals surface area contributed by atoms with E-state index in [2.05, 4.69) is 10.4 Å². The Morgan fingerprint density at radius 1 is 1.41 bits per heavy atom. The summed E-state index contributed by atoms with van der Waals surface area (Å²) in [6.45, 7) is 0.237. The molecule has 1 aromatic rings. The molecule has 10 heteroatoms. The van der Waals surface area contributed by atoms with Crippen LogP contribution >= 0.6 is 11.6 Å². The zero-order valence-corrected chi connectivity index (χ0v) is 12.1. The molecule has 0 aromatic carbocycles. The van der Waals surface area contributed by atoms with Gasteiger partial charge in [-0.2, -0.15) is 5.10 Å². The van der Waals surface area contributed by atoms with Crippen LogP contribution in [0, 0.1) is 0 Å². The Balaban J connectivity index is 2.04. The Morgan fingerprint density at radius 2 is 2.14 bits per heavy atom. The fraction of sp³-hybridized carbons (Fsp3) is 0.667. The molecule has 5 nitrogen and oxygen atoms in total. The van der Waals surface area contributed by atoms with Gasteiger partial charge in [-0.1, -0.05) is 11.6 Å². The Labute approximate surface area is 128 Å². The van der Waals surface area contributed by atoms with Gasteiger partial charge in [0, 0.05) is 13.2 Å². The van der Waals surface area contributed by atoms with Crippen molar-refractivity contribution in [1.82, 2.24) is 15.1 Å². The van der Waals surface area contributed by atoms with Crippen LogP contribution in [0.2, 0.25) is 5.02 Å². The van der Waals surface area contributed by atoms with Crippen molar-refractivity contribution in [3.05, 3.63) is 16.4 Å². The Kier molecular flexibility index (Phi) is 5.63. The number of aromatic nitrogens is 2. The van der Waals surface area contributed by atoms with E-state index in [0.29, 0.717) is 11.3 Å². The number of nitrogens with zero attached hydrogens (tertiary/aromatic N) is 2. The highest BCUT2D eigenvalue weighted by Crippen LogP contribution is 2.34. The van der Waals surface area contributed by atoms with E-state index in [1.165, 1.54) is 0 Å². The van der Waals surface area contributed by atoms with Gasteiger partial charge in [0.2, 0.25) is 5.91 Å². The molecule has 1 amide bonds. The molecule has 0 aliphatic carbocycles. The van der Waals surface area contributed by atoms with Gasteiger partial charge in [-0.3, -0.25) is 9.48 Å². The minimum absolute atomic E-state index is 0.114. The van der Waals surface area contributed by atoms with Crippen molar-refractivity contribution in [3.63, 3.8) is 0 Å². The molecule has 2 heterocycles. The molecule has 1 aliphatic rings. The van der Waals surface area contributed by atoms with E-state index in [1.54, 1.807) is 0 Å². The third-order valence-electron chi connectivity index (χ3n) is 3.21. The lowest BCUT2D eigenvalue weighted by Crippen LogP contribution is -2.34. The number of hydrogen-bond acceptors (Lipinski definition) is 3. The lowest BCUT2D eigenvalue weighted by Gasteiger charge is -2.11. The maximum absolute atomic E-state index is 12.9. The third kappa shape index (κ3) is 3.89. The van der Waals surface area contributed by atoms with Crippen molar-refractivity contribution >= 4 is 17.5 Å². The molecule has 1 aliphatic heterocycles. The number of carbonyl (C=O) groups excluding carboxylic acids is 1. The number of carbonyl (C=O) groups is 1. The number of halogens is 5. The highest BCUT2D eigenvalue weighted by Gasteiger charge is 2.28. The van der Waals surface area contributed by atoms with Crippen LogP contribution < -0.4 is 5.32 Å². The van der Waals surface area contributed by atoms with Gasteiger partial charge < -0.3 is 10.1 Å². The number of amides is 1. The minimum atomic E-state index is -3.11. The van der Waals surface area contributed by atoms with E-state index in [4.69, 9.17) is 16.3 Å². The summed E-state index contributed by atoms with van der Waals surface area (Å²) < 4.78 is 56.9. The second-order valence-corrected chi connectivity index (χ2v) is 5.16. The van der Waals surface area contributed by atoms with E-state index in [-0.39, 0.29) is 12.6 Å². The lowest BCUT2D eigenvalue weighted by atomic mass is 10.2. The maximum Gasteiger partial charge on any atom is 0.283 e. The Morgan fingerprint density at radius 3 is 2.68 bits per heavy atom. The van der Waals surface area contributed by atoms with Gasteiger partial charge in [-0.25, -0.2) is 17.6 Å². The van der Waals surface area contributed by atoms with Crippen molar-refractivity contribution in [3.8, 4) is 0 Å². The van der Waals surface area contributed by atoms with Crippen LogP contribution in [0.4, 0.5) is 17.6 Å². The number of rotatable bonds is 6. The zero-order valence-electron chi connectivity index (χ0n) is 11.4. The molecule has 22 heavy (non-hydrogen) atoms. The summed E-state index contributed by atoms with van der Waals surface area (Å²) in [4.78, 5) is 11.7. The fourth-order valence-corrected chi connectivity index (χ4v) is 2.47. The molecule has 2 rings (SSSR count). The molecule has 1 N–H and O–H groups in total. The minimum Gasteiger partial charge on any atom is -0.376 e. The molecule has 1 fully saturated rings. The van der Waals surface area contributed by atoms with Crippen molar-refractivity contribution in [2.75, 3.05) is 13.2 Å². The van der Waals surface area contributed by atoms with Crippen LogP contribution in [0.15, 0.2) is 0 Å². The van der Waals surface area contributed by atoms with Gasteiger partial charge in [0.15, 0.2) is 0 Å². The normalized spacial score (nSPS) is 18.4. The molecule has 0 bridgehead atoms. The van der Waals surface area contributed by atoms with Crippen molar-refractivity contribution in [2.24, 2.45) is 0 Å². The molecule has 1 unspecified atom stereocenters. The van der Waals surface area contributed by atoms with Crippen LogP contribution in [0.1, 0.15) is 37.1 Å². The number of nitrogens with one attached hydrogen (secondary N) is 1. The van der Waals surface area contributed by atoms with E-state index in [0.717, 1.165) is 12.8 Å². The quantitative estimate of drug-likeness (QED) is 0.808. The van der Waals surface area contributed by atoms with Crippen molar-refractivity contribution < 1.29 is 27.1 Å². The SMILES string of the molecule is O=C(Cn1nc(C(F)F)c(Cl)c1C(F)F)NCC1CCCO1. The van der Waals surface area contributed by atoms with Gasteiger partial charge in [0.1, 0.15) is 17.9 Å². The van der Waals surface area contributed by atoms with Crippen LogP contribution in [0.25, 0.3) is 0 Å². The van der Waals surface area contributed by atoms with Crippen molar-refractivity contribution in [2.45, 2.75) is 38.3 Å². The maximum atomic E-state index is 12.9. The first-order valence-corrected chi connectivity index (χ1v) is 6.98. The van der Waals surface area contributed by atoms with E-state index in [9.17, 15) is 22.4 Å². The summed E-state index contributed by atoms with van der Waals surface area (Å²) in [5.74, 6) is -0.627. The predicted molar refractivity (Wildman–Crippen MR) is 69.1 cm³/mol. The van der Waals surface area contributed by atoms with Gasteiger partial charge in [0.05, 0.1) is 11.1 Å². The lowest BCUT2D eigenvalue weighted by molar-refractivity contribution is -0.122. The zero-order chi connectivity index (χ0) is 16.3. The second-order valence-electron chi connectivity index (χ2n) is 4.78. The molecule has 1 aromatic heterocycles. The largest absolute Gasteiger partial charge is 0.376 e. The highest BCUT2D eigenvalue weighted by molar-refractivity contribution is 6.32. The van der Waals surface area contributed by atoms with Crippen LogP contribution in [-0.4, -0.2) is 34.9 Å². The summed E-state index contributed by atoms with van der Waals surface area (Å²) in [6, 6.07) is 0. The van der Waals surface area contributed by atoms with Crippen molar-refractivity contribution in [1.29, 1.82) is 0 Å². The number of hydrogen-bond donors (Lipinski definition) is 1. The molecular weight excluding hydrogens is 330 g/mol. The first-order valence-electron chi connectivity index (χ1n) is 6.60. The summed E-state index contributed by atoms with van der Waals surface area (Å²) in [6.07, 6.45) is -4.63. The first-order chi connectivity index (χ1) is 10.4. The first kappa shape index (κ1) is 17.0. The molecule has 0 spiro atoms. The summed E-state index contributed by atoms with van der Waals surface area (Å²) in [5.41, 5.74) is -1.84. The van der Waals surface area contributed by atoms with E-state index >= 15 is 0 Å².